The van der Waals surface area contributed by atoms with Gasteiger partial charge in [-0.15, -0.1) is 0 Å². The van der Waals surface area contributed by atoms with Crippen molar-refractivity contribution in [3.8, 4) is 0 Å². The maximum Gasteiger partial charge on any atom is 0.264 e. The van der Waals surface area contributed by atoms with Gasteiger partial charge in [0.2, 0.25) is 11.8 Å². The van der Waals surface area contributed by atoms with Crippen LogP contribution in [0.15, 0.2) is 71.6 Å². The summed E-state index contributed by atoms with van der Waals surface area (Å²) in [5, 5.41) is 4.01. The fourth-order valence-electron chi connectivity index (χ4n) is 5.28. The van der Waals surface area contributed by atoms with Gasteiger partial charge in [0.05, 0.1) is 10.6 Å². The van der Waals surface area contributed by atoms with Gasteiger partial charge in [0.15, 0.2) is 0 Å². The predicted octanol–water partition coefficient (Wildman–Crippen LogP) is 6.67. The SMILES string of the molecule is CCC(C(=O)NC1CCCC1)N(Cc1ccc(Cl)cc1)C(=O)CN(c1cc(Cl)ccc1C)S(=O)(=O)c1ccc(C)cc1. The number of anilines is 1. The number of aryl methyl sites for hydroxylation is 2. The van der Waals surface area contributed by atoms with E-state index in [2.05, 4.69) is 5.32 Å². The summed E-state index contributed by atoms with van der Waals surface area (Å²) in [6.45, 7) is 5.08. The Morgan fingerprint density at radius 2 is 1.55 bits per heavy atom. The topological polar surface area (TPSA) is 86.8 Å². The van der Waals surface area contributed by atoms with Gasteiger partial charge in [-0.05, 0) is 80.6 Å². The third-order valence-corrected chi connectivity index (χ3v) is 9.94. The summed E-state index contributed by atoms with van der Waals surface area (Å²) >= 11 is 12.4. The Balaban J connectivity index is 1.74. The van der Waals surface area contributed by atoms with Crippen molar-refractivity contribution < 1.29 is 18.0 Å². The van der Waals surface area contributed by atoms with E-state index >= 15 is 0 Å². The first-order chi connectivity index (χ1) is 20.0. The molecule has 1 atom stereocenters. The van der Waals surface area contributed by atoms with Gasteiger partial charge in [0, 0.05) is 22.6 Å². The number of hydrogen-bond acceptors (Lipinski definition) is 4. The third kappa shape index (κ3) is 7.65. The monoisotopic (exact) mass is 629 g/mol. The van der Waals surface area contributed by atoms with E-state index in [1.165, 1.54) is 17.0 Å². The summed E-state index contributed by atoms with van der Waals surface area (Å²) < 4.78 is 29.3. The van der Waals surface area contributed by atoms with Crippen molar-refractivity contribution in [3.63, 3.8) is 0 Å². The van der Waals surface area contributed by atoms with Crippen LogP contribution in [-0.2, 0) is 26.2 Å². The van der Waals surface area contributed by atoms with Crippen molar-refractivity contribution in [1.29, 1.82) is 0 Å². The Morgan fingerprint density at radius 1 is 0.929 bits per heavy atom. The minimum Gasteiger partial charge on any atom is -0.352 e. The molecule has 1 aliphatic rings. The summed E-state index contributed by atoms with van der Waals surface area (Å²) in [5.41, 5.74) is 2.61. The molecule has 0 spiro atoms. The lowest BCUT2D eigenvalue weighted by molar-refractivity contribution is -0.140. The quantitative estimate of drug-likeness (QED) is 0.256. The largest absolute Gasteiger partial charge is 0.352 e. The maximum absolute atomic E-state index is 14.2. The van der Waals surface area contributed by atoms with Crippen LogP contribution in [0.25, 0.3) is 0 Å². The molecule has 224 valence electrons. The Hall–Kier alpha value is -3.07. The van der Waals surface area contributed by atoms with Crippen molar-refractivity contribution in [3.05, 3.63) is 93.5 Å². The number of amides is 2. The molecule has 2 amide bonds. The van der Waals surface area contributed by atoms with Crippen LogP contribution in [0.4, 0.5) is 5.69 Å². The highest BCUT2D eigenvalue weighted by Gasteiger charge is 2.35. The molecule has 3 aromatic rings. The molecule has 0 radical (unpaired) electrons. The standard InChI is InChI=1S/C32H37Cl2N3O4S/c1-4-29(32(39)35-27-7-5-6-8-27)36(20-24-12-15-25(33)16-13-24)31(38)21-37(30-19-26(34)14-11-23(30)3)42(40,41)28-17-9-22(2)10-18-28/h9-19,27,29H,4-8,20-21H2,1-3H3,(H,35,39). The lowest BCUT2D eigenvalue weighted by Gasteiger charge is -2.34. The smallest absolute Gasteiger partial charge is 0.264 e. The van der Waals surface area contributed by atoms with Crippen molar-refractivity contribution in [2.75, 3.05) is 10.8 Å². The van der Waals surface area contributed by atoms with Crippen molar-refractivity contribution >= 4 is 50.7 Å². The van der Waals surface area contributed by atoms with E-state index in [1.807, 2.05) is 13.8 Å². The van der Waals surface area contributed by atoms with Gasteiger partial charge in [0.25, 0.3) is 10.0 Å². The Labute approximate surface area is 258 Å². The fraction of sp³-hybridized carbons (Fsp3) is 0.375. The van der Waals surface area contributed by atoms with Crippen LogP contribution >= 0.6 is 23.2 Å². The molecule has 1 unspecified atom stereocenters. The van der Waals surface area contributed by atoms with Crippen molar-refractivity contribution in [2.45, 2.75) is 76.4 Å². The normalized spacial score (nSPS) is 14.4. The Kier molecular flexibility index (Phi) is 10.6. The molecule has 1 aliphatic carbocycles. The van der Waals surface area contributed by atoms with E-state index < -0.39 is 28.5 Å². The zero-order valence-corrected chi connectivity index (χ0v) is 26.5. The molecule has 0 aromatic heterocycles. The second kappa shape index (κ2) is 13.9. The summed E-state index contributed by atoms with van der Waals surface area (Å²) in [6.07, 6.45) is 4.28. The van der Waals surface area contributed by atoms with Crippen LogP contribution < -0.4 is 9.62 Å². The fourth-order valence-corrected chi connectivity index (χ4v) is 7.04. The molecule has 3 aromatic carbocycles. The van der Waals surface area contributed by atoms with Gasteiger partial charge in [-0.1, -0.05) is 78.9 Å². The maximum atomic E-state index is 14.2. The highest BCUT2D eigenvalue weighted by atomic mass is 35.5. The van der Waals surface area contributed by atoms with Gasteiger partial charge >= 0.3 is 0 Å². The number of nitrogens with one attached hydrogen (secondary N) is 1. The number of carbonyl (C=O) groups excluding carboxylic acids is 2. The number of carbonyl (C=O) groups is 2. The average molecular weight is 631 g/mol. The van der Waals surface area contributed by atoms with Gasteiger partial charge < -0.3 is 10.2 Å². The van der Waals surface area contributed by atoms with Crippen LogP contribution in [0.3, 0.4) is 0 Å². The lowest BCUT2D eigenvalue weighted by atomic mass is 10.1. The van der Waals surface area contributed by atoms with Gasteiger partial charge in [-0.25, -0.2) is 8.42 Å². The number of halogens is 2. The minimum atomic E-state index is -4.18. The molecule has 0 aliphatic heterocycles. The minimum absolute atomic E-state index is 0.0514. The first-order valence-corrected chi connectivity index (χ1v) is 16.4. The molecular weight excluding hydrogens is 593 g/mol. The molecule has 4 rings (SSSR count). The second-order valence-electron chi connectivity index (χ2n) is 10.8. The van der Waals surface area contributed by atoms with E-state index in [1.54, 1.807) is 61.5 Å². The summed E-state index contributed by atoms with van der Waals surface area (Å²) in [6, 6.07) is 17.7. The third-order valence-electron chi connectivity index (χ3n) is 7.68. The zero-order chi connectivity index (χ0) is 30.4. The number of sulfonamides is 1. The summed E-state index contributed by atoms with van der Waals surface area (Å²) in [5.74, 6) is -0.743. The van der Waals surface area contributed by atoms with E-state index in [0.717, 1.165) is 41.1 Å². The molecule has 0 heterocycles. The second-order valence-corrected chi connectivity index (χ2v) is 13.6. The first-order valence-electron chi connectivity index (χ1n) is 14.2. The van der Waals surface area contributed by atoms with Gasteiger partial charge in [0.1, 0.15) is 12.6 Å². The van der Waals surface area contributed by atoms with E-state index in [0.29, 0.717) is 27.7 Å². The Bertz CT molecular complexity index is 1510. The number of rotatable bonds is 11. The highest BCUT2D eigenvalue weighted by Crippen LogP contribution is 2.30. The molecule has 1 saturated carbocycles. The number of nitrogens with zero attached hydrogens (tertiary/aromatic N) is 2. The van der Waals surface area contributed by atoms with E-state index in [4.69, 9.17) is 23.2 Å². The highest BCUT2D eigenvalue weighted by molar-refractivity contribution is 7.92. The molecule has 42 heavy (non-hydrogen) atoms. The zero-order valence-electron chi connectivity index (χ0n) is 24.1. The van der Waals surface area contributed by atoms with Crippen LogP contribution in [0.5, 0.6) is 0 Å². The van der Waals surface area contributed by atoms with Gasteiger partial charge in [-0.2, -0.15) is 0 Å². The molecule has 7 nitrogen and oxygen atoms in total. The molecule has 1 fully saturated rings. The molecule has 1 N–H and O–H groups in total. The van der Waals surface area contributed by atoms with E-state index in [-0.39, 0.29) is 23.4 Å². The van der Waals surface area contributed by atoms with Crippen LogP contribution in [-0.4, -0.2) is 43.8 Å². The average Bonchev–Trinajstić information content (AvgIpc) is 3.47. The molecular formula is C32H37Cl2N3O4S. The predicted molar refractivity (Wildman–Crippen MR) is 168 cm³/mol. The van der Waals surface area contributed by atoms with E-state index in [9.17, 15) is 18.0 Å². The summed E-state index contributed by atoms with van der Waals surface area (Å²) in [7, 11) is -4.18. The van der Waals surface area contributed by atoms with Crippen molar-refractivity contribution in [1.82, 2.24) is 10.2 Å². The summed E-state index contributed by atoms with van der Waals surface area (Å²) in [4.78, 5) is 29.3. The van der Waals surface area contributed by atoms with Gasteiger partial charge in [-0.3, -0.25) is 13.9 Å². The van der Waals surface area contributed by atoms with Crippen LogP contribution in [0.2, 0.25) is 10.0 Å². The number of hydrogen-bond donors (Lipinski definition) is 1. The lowest BCUT2D eigenvalue weighted by Crippen LogP contribution is -2.53. The van der Waals surface area contributed by atoms with Crippen LogP contribution in [0.1, 0.15) is 55.7 Å². The number of benzene rings is 3. The molecule has 0 saturated heterocycles. The molecule has 0 bridgehead atoms. The van der Waals surface area contributed by atoms with Crippen LogP contribution in [0, 0.1) is 13.8 Å². The Morgan fingerprint density at radius 3 is 2.17 bits per heavy atom. The van der Waals surface area contributed by atoms with Crippen molar-refractivity contribution in [2.24, 2.45) is 0 Å². The molecule has 10 heteroatoms. The first kappa shape index (κ1) is 31.9.